The molecule has 0 saturated heterocycles. The molecular weight excluding hydrogens is 474 g/mol. The largest absolute Gasteiger partial charge is 0.508 e. The van der Waals surface area contributed by atoms with Crippen LogP contribution in [0.25, 0.3) is 22.3 Å². The molecule has 0 fully saturated rings. The van der Waals surface area contributed by atoms with E-state index in [9.17, 15) is 5.11 Å². The standard InChI is InChI=1S/C23H25N13O/c1-11-2-3-12(6-15(11)37)4-5-36(9-13-7-28-20-16(30-13)18(24)32-22(26)34-20)10-14-8-29-21-17(31-14)19(25)33-23(27)35-21/h2-3,6-8,37H,4-5,9-10H2,1H3,(H4,24,26,28,32,34)(H4,25,27,29,33,35). The Morgan fingerprint density at radius 1 is 0.757 bits per heavy atom. The number of phenolic OH excluding ortho intramolecular Hbond substituents is 1. The van der Waals surface area contributed by atoms with Gasteiger partial charge >= 0.3 is 0 Å². The Hall–Kier alpha value is -4.98. The van der Waals surface area contributed by atoms with Crippen molar-refractivity contribution in [2.75, 3.05) is 29.5 Å². The van der Waals surface area contributed by atoms with Gasteiger partial charge in [-0.3, -0.25) is 4.90 Å². The number of aryl methyl sites for hydroxylation is 1. The number of hydrogen-bond donors (Lipinski definition) is 5. The molecule has 37 heavy (non-hydrogen) atoms. The number of phenols is 1. The zero-order valence-corrected chi connectivity index (χ0v) is 20.0. The van der Waals surface area contributed by atoms with Crippen LogP contribution in [-0.2, 0) is 19.5 Å². The highest BCUT2D eigenvalue weighted by Gasteiger charge is 2.15. The van der Waals surface area contributed by atoms with Crippen molar-refractivity contribution in [1.29, 1.82) is 0 Å². The van der Waals surface area contributed by atoms with Crippen LogP contribution < -0.4 is 22.9 Å². The van der Waals surface area contributed by atoms with Crippen LogP contribution in [-0.4, -0.2) is 56.4 Å². The zero-order valence-electron chi connectivity index (χ0n) is 20.0. The maximum Gasteiger partial charge on any atom is 0.224 e. The topological polar surface area (TPSA) is 231 Å². The van der Waals surface area contributed by atoms with E-state index in [0.717, 1.165) is 11.1 Å². The van der Waals surface area contributed by atoms with Gasteiger partial charge in [-0.1, -0.05) is 12.1 Å². The lowest BCUT2D eigenvalue weighted by atomic mass is 10.1. The van der Waals surface area contributed by atoms with Gasteiger partial charge in [-0.25, -0.2) is 19.9 Å². The third-order valence-corrected chi connectivity index (χ3v) is 5.76. The summed E-state index contributed by atoms with van der Waals surface area (Å²) in [4.78, 5) is 36.2. The molecule has 5 rings (SSSR count). The van der Waals surface area contributed by atoms with Crippen LogP contribution in [0, 0.1) is 6.92 Å². The second-order valence-corrected chi connectivity index (χ2v) is 8.58. The first-order valence-corrected chi connectivity index (χ1v) is 11.3. The van der Waals surface area contributed by atoms with E-state index in [0.29, 0.717) is 59.8 Å². The number of fused-ring (bicyclic) bond motifs is 2. The third-order valence-electron chi connectivity index (χ3n) is 5.76. The summed E-state index contributed by atoms with van der Waals surface area (Å²) >= 11 is 0. The molecule has 0 amide bonds. The number of aromatic nitrogens is 8. The zero-order chi connectivity index (χ0) is 26.1. The minimum Gasteiger partial charge on any atom is -0.508 e. The van der Waals surface area contributed by atoms with Gasteiger partial charge in [0.1, 0.15) is 5.75 Å². The smallest absolute Gasteiger partial charge is 0.224 e. The third kappa shape index (κ3) is 5.18. The molecule has 0 saturated carbocycles. The van der Waals surface area contributed by atoms with Crippen LogP contribution in [0.4, 0.5) is 23.5 Å². The number of benzene rings is 1. The van der Waals surface area contributed by atoms with Gasteiger partial charge in [0.15, 0.2) is 34.0 Å². The highest BCUT2D eigenvalue weighted by atomic mass is 16.3. The van der Waals surface area contributed by atoms with E-state index in [2.05, 4.69) is 44.8 Å². The monoisotopic (exact) mass is 499 g/mol. The van der Waals surface area contributed by atoms with E-state index < -0.39 is 0 Å². The number of nitrogens with two attached hydrogens (primary N) is 4. The molecule has 4 heterocycles. The Morgan fingerprint density at radius 2 is 1.30 bits per heavy atom. The molecule has 5 aromatic rings. The molecule has 1 aromatic carbocycles. The number of hydrogen-bond acceptors (Lipinski definition) is 14. The number of nitrogen functional groups attached to an aromatic ring is 4. The highest BCUT2D eigenvalue weighted by Crippen LogP contribution is 2.20. The van der Waals surface area contributed by atoms with E-state index in [4.69, 9.17) is 22.9 Å². The van der Waals surface area contributed by atoms with Crippen LogP contribution in [0.5, 0.6) is 5.75 Å². The van der Waals surface area contributed by atoms with Gasteiger partial charge in [0.05, 0.1) is 23.8 Å². The van der Waals surface area contributed by atoms with E-state index in [1.807, 2.05) is 19.1 Å². The lowest BCUT2D eigenvalue weighted by Crippen LogP contribution is -2.26. The average molecular weight is 500 g/mol. The molecule has 0 radical (unpaired) electrons. The van der Waals surface area contributed by atoms with Crippen molar-refractivity contribution in [2.45, 2.75) is 26.4 Å². The molecule has 14 nitrogen and oxygen atoms in total. The molecule has 0 spiro atoms. The first-order chi connectivity index (χ1) is 17.7. The van der Waals surface area contributed by atoms with Gasteiger partial charge in [0.2, 0.25) is 11.9 Å². The number of anilines is 4. The fraction of sp³-hybridized carbons (Fsp3) is 0.217. The van der Waals surface area contributed by atoms with Gasteiger partial charge in [0.25, 0.3) is 0 Å². The molecule has 0 aliphatic rings. The molecule has 0 aliphatic heterocycles. The SMILES string of the molecule is Cc1ccc(CCN(Cc2cnc3nc(N)nc(N)c3n2)Cc2cnc3nc(N)nc(N)c3n2)cc1O. The summed E-state index contributed by atoms with van der Waals surface area (Å²) in [6.45, 7) is 3.30. The van der Waals surface area contributed by atoms with Crippen LogP contribution in [0.15, 0.2) is 30.6 Å². The van der Waals surface area contributed by atoms with Crippen LogP contribution in [0.1, 0.15) is 22.5 Å². The van der Waals surface area contributed by atoms with Crippen LogP contribution in [0.3, 0.4) is 0 Å². The van der Waals surface area contributed by atoms with Gasteiger partial charge < -0.3 is 28.0 Å². The maximum absolute atomic E-state index is 10.1. The minimum absolute atomic E-state index is 0.0370. The van der Waals surface area contributed by atoms with Crippen molar-refractivity contribution in [3.8, 4) is 5.75 Å². The Kier molecular flexibility index (Phi) is 6.15. The second-order valence-electron chi connectivity index (χ2n) is 8.58. The first kappa shape index (κ1) is 23.7. The molecular formula is C23H25N13O. The molecule has 9 N–H and O–H groups in total. The average Bonchev–Trinajstić information content (AvgIpc) is 2.85. The predicted octanol–water partition coefficient (Wildman–Crippen LogP) is 0.741. The minimum atomic E-state index is 0.0370. The van der Waals surface area contributed by atoms with Gasteiger partial charge in [-0.15, -0.1) is 0 Å². The summed E-state index contributed by atoms with van der Waals surface area (Å²) in [6.07, 6.45) is 3.92. The number of nitrogens with zero attached hydrogens (tertiary/aromatic N) is 9. The Morgan fingerprint density at radius 3 is 1.81 bits per heavy atom. The Balaban J connectivity index is 1.44. The molecule has 188 valence electrons. The number of rotatable bonds is 7. The predicted molar refractivity (Wildman–Crippen MR) is 139 cm³/mol. The van der Waals surface area contributed by atoms with Crippen LogP contribution in [0.2, 0.25) is 0 Å². The first-order valence-electron chi connectivity index (χ1n) is 11.3. The van der Waals surface area contributed by atoms with E-state index in [1.54, 1.807) is 18.5 Å². The number of aromatic hydroxyl groups is 1. The quantitative estimate of drug-likeness (QED) is 0.208. The summed E-state index contributed by atoms with van der Waals surface area (Å²) in [5.41, 5.74) is 27.9. The summed E-state index contributed by atoms with van der Waals surface area (Å²) in [7, 11) is 0. The normalized spacial score (nSPS) is 11.5. The van der Waals surface area contributed by atoms with Crippen molar-refractivity contribution in [3.63, 3.8) is 0 Å². The van der Waals surface area contributed by atoms with Gasteiger partial charge in [-0.2, -0.15) is 19.9 Å². The fourth-order valence-corrected chi connectivity index (χ4v) is 3.89. The highest BCUT2D eigenvalue weighted by molar-refractivity contribution is 5.82. The summed E-state index contributed by atoms with van der Waals surface area (Å²) < 4.78 is 0. The molecule has 4 aromatic heterocycles. The Bertz CT molecular complexity index is 1530. The lowest BCUT2D eigenvalue weighted by Gasteiger charge is -2.22. The molecule has 0 unspecified atom stereocenters. The van der Waals surface area contributed by atoms with Crippen LogP contribution >= 0.6 is 0 Å². The fourth-order valence-electron chi connectivity index (χ4n) is 3.89. The van der Waals surface area contributed by atoms with E-state index in [1.165, 1.54) is 0 Å². The van der Waals surface area contributed by atoms with E-state index in [-0.39, 0.29) is 29.3 Å². The van der Waals surface area contributed by atoms with E-state index >= 15 is 0 Å². The Labute approximate surface area is 210 Å². The summed E-state index contributed by atoms with van der Waals surface area (Å²) in [5.74, 6) is 0.654. The van der Waals surface area contributed by atoms with Crippen molar-refractivity contribution in [3.05, 3.63) is 53.1 Å². The van der Waals surface area contributed by atoms with Crippen molar-refractivity contribution in [2.24, 2.45) is 0 Å². The molecule has 0 bridgehead atoms. The molecule has 0 atom stereocenters. The lowest BCUT2D eigenvalue weighted by molar-refractivity contribution is 0.254. The van der Waals surface area contributed by atoms with Crippen molar-refractivity contribution >= 4 is 45.9 Å². The van der Waals surface area contributed by atoms with Gasteiger partial charge in [-0.05, 0) is 30.5 Å². The van der Waals surface area contributed by atoms with Gasteiger partial charge in [0, 0.05) is 19.6 Å². The summed E-state index contributed by atoms with van der Waals surface area (Å²) in [5, 5.41) is 10.1. The maximum atomic E-state index is 10.1. The summed E-state index contributed by atoms with van der Waals surface area (Å²) in [6, 6.07) is 5.65. The second kappa shape index (κ2) is 9.58. The molecule has 0 aliphatic carbocycles. The van der Waals surface area contributed by atoms with Crippen molar-refractivity contribution < 1.29 is 5.11 Å². The van der Waals surface area contributed by atoms with Crippen molar-refractivity contribution in [1.82, 2.24) is 44.8 Å². The molecule has 14 heteroatoms.